The molecule has 34 heavy (non-hydrogen) atoms. The third-order valence-corrected chi connectivity index (χ3v) is 5.47. The number of hydrogen-bond acceptors (Lipinski definition) is 3. The third-order valence-electron chi connectivity index (χ3n) is 5.47. The summed E-state index contributed by atoms with van der Waals surface area (Å²) in [4.78, 5) is 26.0. The first-order valence-corrected chi connectivity index (χ1v) is 10.7. The summed E-state index contributed by atoms with van der Waals surface area (Å²) in [7, 11) is 3.46. The minimum absolute atomic E-state index is 0.000459. The molecule has 4 rings (SSSR count). The molecule has 0 bridgehead atoms. The van der Waals surface area contributed by atoms with E-state index in [-0.39, 0.29) is 17.8 Å². The Bertz CT molecular complexity index is 1390. The molecule has 1 heterocycles. The minimum atomic E-state index is -0.711. The van der Waals surface area contributed by atoms with Crippen LogP contribution in [0, 0.1) is 5.82 Å². The number of aryl methyl sites for hydroxylation is 1. The lowest BCUT2D eigenvalue weighted by molar-refractivity contribution is -0.117. The number of nitrogens with zero attached hydrogens (tertiary/aromatic N) is 1. The van der Waals surface area contributed by atoms with Crippen molar-refractivity contribution in [3.63, 3.8) is 0 Å². The SMILES string of the molecule is COc1ccccc1CNC(=O)/C(=C/c1cn(C)c2ccccc12)NC(=O)c1ccccc1F. The van der Waals surface area contributed by atoms with Gasteiger partial charge in [0.25, 0.3) is 11.8 Å². The molecular weight excluding hydrogens is 433 g/mol. The normalized spacial score (nSPS) is 11.3. The highest BCUT2D eigenvalue weighted by Gasteiger charge is 2.18. The summed E-state index contributed by atoms with van der Waals surface area (Å²) in [6.07, 6.45) is 3.46. The molecule has 1 aromatic heterocycles. The van der Waals surface area contributed by atoms with Gasteiger partial charge in [0, 0.05) is 41.8 Å². The number of rotatable bonds is 7. The smallest absolute Gasteiger partial charge is 0.268 e. The summed E-state index contributed by atoms with van der Waals surface area (Å²) >= 11 is 0. The number of hydrogen-bond donors (Lipinski definition) is 2. The molecule has 0 unspecified atom stereocenters. The quantitative estimate of drug-likeness (QED) is 0.404. The van der Waals surface area contributed by atoms with Crippen molar-refractivity contribution in [1.29, 1.82) is 0 Å². The van der Waals surface area contributed by atoms with Gasteiger partial charge in [-0.2, -0.15) is 0 Å². The van der Waals surface area contributed by atoms with E-state index < -0.39 is 17.6 Å². The molecule has 0 radical (unpaired) electrons. The van der Waals surface area contributed by atoms with Crippen molar-refractivity contribution in [3.05, 3.63) is 107 Å². The minimum Gasteiger partial charge on any atom is -0.496 e. The first-order chi connectivity index (χ1) is 16.5. The number of aromatic nitrogens is 1. The zero-order chi connectivity index (χ0) is 24.1. The van der Waals surface area contributed by atoms with Crippen molar-refractivity contribution in [2.24, 2.45) is 7.05 Å². The van der Waals surface area contributed by atoms with Crippen LogP contribution in [-0.2, 0) is 18.4 Å². The molecule has 0 spiro atoms. The predicted molar refractivity (Wildman–Crippen MR) is 130 cm³/mol. The molecule has 7 heteroatoms. The van der Waals surface area contributed by atoms with Gasteiger partial charge in [0.05, 0.1) is 12.7 Å². The number of carbonyl (C=O) groups excluding carboxylic acids is 2. The number of benzene rings is 3. The lowest BCUT2D eigenvalue weighted by atomic mass is 10.1. The molecule has 0 aliphatic carbocycles. The summed E-state index contributed by atoms with van der Waals surface area (Å²) in [5.74, 6) is -1.25. The van der Waals surface area contributed by atoms with E-state index in [1.165, 1.54) is 18.2 Å². The van der Waals surface area contributed by atoms with Crippen molar-refractivity contribution in [2.45, 2.75) is 6.54 Å². The van der Waals surface area contributed by atoms with Crippen LogP contribution in [0.1, 0.15) is 21.5 Å². The second kappa shape index (κ2) is 10.0. The van der Waals surface area contributed by atoms with Crippen LogP contribution in [0.4, 0.5) is 4.39 Å². The average molecular weight is 458 g/mol. The fourth-order valence-corrected chi connectivity index (χ4v) is 3.76. The van der Waals surface area contributed by atoms with Gasteiger partial charge in [0.15, 0.2) is 0 Å². The maximum Gasteiger partial charge on any atom is 0.268 e. The van der Waals surface area contributed by atoms with Crippen LogP contribution >= 0.6 is 0 Å². The lowest BCUT2D eigenvalue weighted by Gasteiger charge is -2.13. The highest BCUT2D eigenvalue weighted by Crippen LogP contribution is 2.23. The molecule has 172 valence electrons. The Kier molecular flexibility index (Phi) is 6.73. The molecule has 2 N–H and O–H groups in total. The fraction of sp³-hybridized carbons (Fsp3) is 0.111. The molecule has 2 amide bonds. The first kappa shape index (κ1) is 22.8. The third kappa shape index (κ3) is 4.83. The van der Waals surface area contributed by atoms with E-state index in [0.717, 1.165) is 22.0 Å². The van der Waals surface area contributed by atoms with Crippen LogP contribution in [0.2, 0.25) is 0 Å². The number of para-hydroxylation sites is 2. The largest absolute Gasteiger partial charge is 0.496 e. The van der Waals surface area contributed by atoms with Gasteiger partial charge in [-0.05, 0) is 30.3 Å². The fourth-order valence-electron chi connectivity index (χ4n) is 3.76. The van der Waals surface area contributed by atoms with E-state index in [4.69, 9.17) is 4.74 Å². The molecule has 0 saturated heterocycles. The molecule has 0 aliphatic rings. The van der Waals surface area contributed by atoms with E-state index in [0.29, 0.717) is 5.75 Å². The number of nitrogens with one attached hydrogen (secondary N) is 2. The molecule has 6 nitrogen and oxygen atoms in total. The molecule has 0 fully saturated rings. The summed E-state index contributed by atoms with van der Waals surface area (Å²) in [6, 6.07) is 20.7. The second-order valence-corrected chi connectivity index (χ2v) is 7.70. The second-order valence-electron chi connectivity index (χ2n) is 7.70. The average Bonchev–Trinajstić information content (AvgIpc) is 3.17. The van der Waals surface area contributed by atoms with E-state index in [1.807, 2.05) is 60.3 Å². The van der Waals surface area contributed by atoms with Crippen molar-refractivity contribution in [2.75, 3.05) is 7.11 Å². The number of carbonyl (C=O) groups is 2. The van der Waals surface area contributed by atoms with Gasteiger partial charge in [-0.25, -0.2) is 4.39 Å². The standard InChI is InChI=1S/C27H24FN3O3/c1-31-17-19(20-10-5-7-13-24(20)31)15-23(30-26(32)21-11-4-6-12-22(21)28)27(33)29-16-18-9-3-8-14-25(18)34-2/h3-15,17H,16H2,1-2H3,(H,29,33)(H,30,32)/b23-15-. The van der Waals surface area contributed by atoms with Gasteiger partial charge >= 0.3 is 0 Å². The summed E-state index contributed by atoms with van der Waals surface area (Å²) in [5, 5.41) is 6.33. The number of methoxy groups -OCH3 is 1. The Morgan fingerprint density at radius 2 is 1.71 bits per heavy atom. The maximum atomic E-state index is 14.2. The van der Waals surface area contributed by atoms with Gasteiger partial charge in [0.2, 0.25) is 0 Å². The number of ether oxygens (including phenoxy) is 1. The summed E-state index contributed by atoms with van der Waals surface area (Å²) in [5.41, 5.74) is 2.35. The highest BCUT2D eigenvalue weighted by atomic mass is 19.1. The Morgan fingerprint density at radius 1 is 1.00 bits per heavy atom. The van der Waals surface area contributed by atoms with Crippen molar-refractivity contribution >= 4 is 28.8 Å². The van der Waals surface area contributed by atoms with Gasteiger partial charge in [-0.3, -0.25) is 9.59 Å². The van der Waals surface area contributed by atoms with Gasteiger partial charge in [0.1, 0.15) is 17.3 Å². The maximum absolute atomic E-state index is 14.2. The van der Waals surface area contributed by atoms with E-state index in [2.05, 4.69) is 10.6 Å². The van der Waals surface area contributed by atoms with E-state index >= 15 is 0 Å². The Balaban J connectivity index is 1.67. The van der Waals surface area contributed by atoms with Gasteiger partial charge in [-0.15, -0.1) is 0 Å². The Labute approximate surface area is 196 Å². The van der Waals surface area contributed by atoms with Crippen LogP contribution in [0.3, 0.4) is 0 Å². The van der Waals surface area contributed by atoms with Crippen LogP contribution in [0.5, 0.6) is 5.75 Å². The first-order valence-electron chi connectivity index (χ1n) is 10.7. The molecule has 3 aromatic carbocycles. The molecule has 0 saturated carbocycles. The predicted octanol–water partition coefficient (Wildman–Crippen LogP) is 4.41. The number of amides is 2. The Morgan fingerprint density at radius 3 is 2.50 bits per heavy atom. The van der Waals surface area contributed by atoms with E-state index in [1.54, 1.807) is 25.3 Å². The molecule has 0 aliphatic heterocycles. The zero-order valence-electron chi connectivity index (χ0n) is 18.8. The van der Waals surface area contributed by atoms with Gasteiger partial charge < -0.3 is 19.9 Å². The highest BCUT2D eigenvalue weighted by molar-refractivity contribution is 6.06. The van der Waals surface area contributed by atoms with Crippen molar-refractivity contribution in [1.82, 2.24) is 15.2 Å². The van der Waals surface area contributed by atoms with Crippen LogP contribution in [-0.4, -0.2) is 23.5 Å². The zero-order valence-corrected chi connectivity index (χ0v) is 18.8. The van der Waals surface area contributed by atoms with Crippen LogP contribution in [0.25, 0.3) is 17.0 Å². The van der Waals surface area contributed by atoms with Gasteiger partial charge in [-0.1, -0.05) is 48.5 Å². The number of fused-ring (bicyclic) bond motifs is 1. The van der Waals surface area contributed by atoms with Crippen molar-refractivity contribution in [3.8, 4) is 5.75 Å². The Hall–Kier alpha value is -4.39. The van der Waals surface area contributed by atoms with Crippen molar-refractivity contribution < 1.29 is 18.7 Å². The van der Waals surface area contributed by atoms with Crippen LogP contribution in [0.15, 0.2) is 84.7 Å². The molecule has 0 atom stereocenters. The van der Waals surface area contributed by atoms with Crippen LogP contribution < -0.4 is 15.4 Å². The van der Waals surface area contributed by atoms with E-state index in [9.17, 15) is 14.0 Å². The summed E-state index contributed by atoms with van der Waals surface area (Å²) in [6.45, 7) is 0.186. The molecular formula is C27H24FN3O3. The lowest BCUT2D eigenvalue weighted by Crippen LogP contribution is -2.35. The molecule has 4 aromatic rings. The summed E-state index contributed by atoms with van der Waals surface area (Å²) < 4.78 is 21.5. The monoisotopic (exact) mass is 457 g/mol. The number of halogens is 1. The topological polar surface area (TPSA) is 72.4 Å².